The summed E-state index contributed by atoms with van der Waals surface area (Å²) in [6.07, 6.45) is 1.76. The molecule has 1 aliphatic heterocycles. The molecule has 1 amide bonds. The monoisotopic (exact) mass is 362 g/mol. The molecular formula is C19H23FN2O4. The molecule has 2 N–H and O–H groups in total. The summed E-state index contributed by atoms with van der Waals surface area (Å²) in [6.45, 7) is 3.06. The number of carboxylic acid groups (broad SMARTS) is 1. The second-order valence-corrected chi connectivity index (χ2v) is 6.71. The van der Waals surface area contributed by atoms with Gasteiger partial charge in [0.05, 0.1) is 18.9 Å². The maximum atomic E-state index is 13.6. The van der Waals surface area contributed by atoms with Crippen molar-refractivity contribution in [1.82, 2.24) is 9.88 Å². The lowest BCUT2D eigenvalue weighted by atomic mass is 10.1. The maximum Gasteiger partial charge on any atom is 0.305 e. The maximum absolute atomic E-state index is 13.6. The van der Waals surface area contributed by atoms with E-state index in [1.807, 2.05) is 6.92 Å². The van der Waals surface area contributed by atoms with Gasteiger partial charge in [0.2, 0.25) is 5.91 Å². The fourth-order valence-electron chi connectivity index (χ4n) is 3.43. The number of aliphatic carboxylic acids is 1. The lowest BCUT2D eigenvalue weighted by molar-refractivity contribution is -0.139. The zero-order valence-corrected chi connectivity index (χ0v) is 14.8. The van der Waals surface area contributed by atoms with Gasteiger partial charge in [-0.1, -0.05) is 0 Å². The Balaban J connectivity index is 1.78. The van der Waals surface area contributed by atoms with Crippen LogP contribution in [0.15, 0.2) is 18.2 Å². The number of rotatable bonds is 7. The van der Waals surface area contributed by atoms with Crippen LogP contribution < -0.4 is 0 Å². The van der Waals surface area contributed by atoms with Gasteiger partial charge in [-0.05, 0) is 43.5 Å². The minimum absolute atomic E-state index is 0.0470. The molecule has 1 aromatic heterocycles. The van der Waals surface area contributed by atoms with Crippen LogP contribution in [0.2, 0.25) is 0 Å². The number of ether oxygens (including phenoxy) is 1. The van der Waals surface area contributed by atoms with Crippen molar-refractivity contribution in [1.29, 1.82) is 0 Å². The Morgan fingerprint density at radius 1 is 1.42 bits per heavy atom. The van der Waals surface area contributed by atoms with Crippen LogP contribution in [0.1, 0.15) is 30.5 Å². The molecule has 6 nitrogen and oxygen atoms in total. The van der Waals surface area contributed by atoms with Crippen LogP contribution >= 0.6 is 0 Å². The van der Waals surface area contributed by atoms with Crippen molar-refractivity contribution in [3.05, 3.63) is 35.3 Å². The van der Waals surface area contributed by atoms with Crippen molar-refractivity contribution in [2.24, 2.45) is 0 Å². The number of hydrogen-bond acceptors (Lipinski definition) is 3. The van der Waals surface area contributed by atoms with Crippen molar-refractivity contribution in [3.8, 4) is 0 Å². The lowest BCUT2D eigenvalue weighted by Crippen LogP contribution is -2.39. The Morgan fingerprint density at radius 3 is 2.92 bits per heavy atom. The zero-order valence-electron chi connectivity index (χ0n) is 14.8. The van der Waals surface area contributed by atoms with Crippen molar-refractivity contribution in [3.63, 3.8) is 0 Å². The second kappa shape index (κ2) is 7.86. The molecule has 1 atom stereocenters. The summed E-state index contributed by atoms with van der Waals surface area (Å²) in [5, 5.41) is 9.65. The van der Waals surface area contributed by atoms with Gasteiger partial charge in [-0.25, -0.2) is 4.39 Å². The molecule has 1 aromatic carbocycles. The Morgan fingerprint density at radius 2 is 2.23 bits per heavy atom. The fraction of sp³-hybridized carbons (Fsp3) is 0.474. The van der Waals surface area contributed by atoms with E-state index in [9.17, 15) is 14.0 Å². The number of aromatic amines is 1. The SMILES string of the molecule is Cc1[nH]c2ccc(F)cc2c1CC(=O)N(CCC(=O)O)C[C@@H]1CCCO1. The number of carbonyl (C=O) groups excluding carboxylic acids is 1. The number of aromatic nitrogens is 1. The van der Waals surface area contributed by atoms with E-state index in [0.29, 0.717) is 18.5 Å². The molecule has 7 heteroatoms. The van der Waals surface area contributed by atoms with Gasteiger partial charge in [0, 0.05) is 36.3 Å². The first-order valence-electron chi connectivity index (χ1n) is 8.82. The smallest absolute Gasteiger partial charge is 0.305 e. The van der Waals surface area contributed by atoms with Crippen LogP contribution in [0.3, 0.4) is 0 Å². The molecule has 0 radical (unpaired) electrons. The van der Waals surface area contributed by atoms with Gasteiger partial charge in [0.25, 0.3) is 0 Å². The summed E-state index contributed by atoms with van der Waals surface area (Å²) in [6, 6.07) is 4.45. The first-order chi connectivity index (χ1) is 12.4. The number of carbonyl (C=O) groups is 2. The van der Waals surface area contributed by atoms with E-state index in [1.54, 1.807) is 11.0 Å². The zero-order chi connectivity index (χ0) is 18.7. The highest BCUT2D eigenvalue weighted by Crippen LogP contribution is 2.24. The first kappa shape index (κ1) is 18.4. The van der Waals surface area contributed by atoms with Crippen LogP contribution in [0, 0.1) is 12.7 Å². The Kier molecular flexibility index (Phi) is 5.56. The highest BCUT2D eigenvalue weighted by atomic mass is 19.1. The largest absolute Gasteiger partial charge is 0.481 e. The number of aryl methyl sites for hydroxylation is 1. The molecule has 1 fully saturated rings. The number of fused-ring (bicyclic) bond motifs is 1. The van der Waals surface area contributed by atoms with E-state index in [0.717, 1.165) is 29.6 Å². The van der Waals surface area contributed by atoms with Gasteiger partial charge in [-0.15, -0.1) is 0 Å². The third-order valence-electron chi connectivity index (χ3n) is 4.81. The standard InChI is InChI=1S/C19H23FN2O4/c1-12-15(16-9-13(20)4-5-17(16)21-12)10-18(23)22(7-6-19(24)25)11-14-3-2-8-26-14/h4-5,9,14,21H,2-3,6-8,10-11H2,1H3,(H,24,25)/t14-/m0/s1. The van der Waals surface area contributed by atoms with E-state index in [1.165, 1.54) is 12.1 Å². The lowest BCUT2D eigenvalue weighted by Gasteiger charge is -2.25. The summed E-state index contributed by atoms with van der Waals surface area (Å²) in [4.78, 5) is 28.5. The molecule has 26 heavy (non-hydrogen) atoms. The molecule has 3 rings (SSSR count). The number of H-pyrrole nitrogens is 1. The molecule has 2 heterocycles. The van der Waals surface area contributed by atoms with Gasteiger partial charge >= 0.3 is 5.97 Å². The Labute approximate surface area is 150 Å². The van der Waals surface area contributed by atoms with Crippen molar-refractivity contribution < 1.29 is 23.8 Å². The van der Waals surface area contributed by atoms with Crippen molar-refractivity contribution >= 4 is 22.8 Å². The summed E-state index contributed by atoms with van der Waals surface area (Å²) in [7, 11) is 0. The highest BCUT2D eigenvalue weighted by molar-refractivity contribution is 5.90. The number of nitrogens with one attached hydrogen (secondary N) is 1. The van der Waals surface area contributed by atoms with E-state index >= 15 is 0 Å². The Bertz CT molecular complexity index is 811. The third kappa shape index (κ3) is 4.22. The molecule has 0 saturated carbocycles. The van der Waals surface area contributed by atoms with Gasteiger partial charge < -0.3 is 19.7 Å². The predicted molar refractivity (Wildman–Crippen MR) is 94.5 cm³/mol. The molecule has 140 valence electrons. The normalized spacial score (nSPS) is 16.9. The third-order valence-corrected chi connectivity index (χ3v) is 4.81. The molecule has 2 aromatic rings. The van der Waals surface area contributed by atoms with Gasteiger partial charge in [0.15, 0.2) is 0 Å². The van der Waals surface area contributed by atoms with E-state index in [-0.39, 0.29) is 37.2 Å². The van der Waals surface area contributed by atoms with Gasteiger partial charge in [-0.3, -0.25) is 9.59 Å². The minimum atomic E-state index is -0.944. The van der Waals surface area contributed by atoms with Crippen LogP contribution in [-0.2, 0) is 20.7 Å². The van der Waals surface area contributed by atoms with Crippen LogP contribution in [0.25, 0.3) is 10.9 Å². The molecule has 0 spiro atoms. The summed E-state index contributed by atoms with van der Waals surface area (Å²) < 4.78 is 19.2. The van der Waals surface area contributed by atoms with E-state index in [2.05, 4.69) is 4.98 Å². The van der Waals surface area contributed by atoms with Crippen molar-refractivity contribution in [2.75, 3.05) is 19.7 Å². The minimum Gasteiger partial charge on any atom is -0.481 e. The first-order valence-corrected chi connectivity index (χ1v) is 8.82. The average molecular weight is 362 g/mol. The number of hydrogen-bond donors (Lipinski definition) is 2. The van der Waals surface area contributed by atoms with Gasteiger partial charge in [0.1, 0.15) is 5.82 Å². The summed E-state index contributed by atoms with van der Waals surface area (Å²) in [5.41, 5.74) is 2.34. The van der Waals surface area contributed by atoms with Crippen LogP contribution in [0.4, 0.5) is 4.39 Å². The molecule has 0 unspecified atom stereocenters. The van der Waals surface area contributed by atoms with E-state index in [4.69, 9.17) is 9.84 Å². The fourth-order valence-corrected chi connectivity index (χ4v) is 3.43. The average Bonchev–Trinajstić information content (AvgIpc) is 3.20. The highest BCUT2D eigenvalue weighted by Gasteiger charge is 2.24. The molecule has 1 saturated heterocycles. The quantitative estimate of drug-likeness (QED) is 0.793. The molecule has 0 bridgehead atoms. The molecule has 1 aliphatic rings. The molecule has 0 aliphatic carbocycles. The number of amides is 1. The predicted octanol–water partition coefficient (Wildman–Crippen LogP) is 2.64. The number of nitrogens with zero attached hydrogens (tertiary/aromatic N) is 1. The Hall–Kier alpha value is -2.41. The van der Waals surface area contributed by atoms with Crippen molar-refractivity contribution in [2.45, 2.75) is 38.7 Å². The summed E-state index contributed by atoms with van der Waals surface area (Å²) in [5.74, 6) is -1.47. The van der Waals surface area contributed by atoms with E-state index < -0.39 is 5.97 Å². The topological polar surface area (TPSA) is 82.6 Å². The van der Waals surface area contributed by atoms with Crippen LogP contribution in [0.5, 0.6) is 0 Å². The number of carboxylic acids is 1. The second-order valence-electron chi connectivity index (χ2n) is 6.71. The molecular weight excluding hydrogens is 339 g/mol. The van der Waals surface area contributed by atoms with Crippen LogP contribution in [-0.4, -0.2) is 52.7 Å². The summed E-state index contributed by atoms with van der Waals surface area (Å²) >= 11 is 0. The number of halogens is 1. The van der Waals surface area contributed by atoms with Gasteiger partial charge in [-0.2, -0.15) is 0 Å². The number of benzene rings is 1.